The minimum Gasteiger partial charge on any atom is -0.302 e. The molecule has 2 nitrogen and oxygen atoms in total. The van der Waals surface area contributed by atoms with Crippen LogP contribution in [0.25, 0.3) is 0 Å². The average molecular weight is 146 g/mol. The zero-order chi connectivity index (χ0) is 6.43. The minimum absolute atomic E-state index is 0.00965. The molecule has 0 N–H and O–H groups in total. The lowest BCUT2D eigenvalue weighted by Gasteiger charge is -2.12. The molecule has 0 aromatic carbocycles. The van der Waals surface area contributed by atoms with Gasteiger partial charge in [0.25, 0.3) is 0 Å². The Bertz CT molecular complexity index is 150. The Morgan fingerprint density at radius 3 is 2.67 bits per heavy atom. The van der Waals surface area contributed by atoms with Gasteiger partial charge < -0.3 is 4.79 Å². The van der Waals surface area contributed by atoms with Gasteiger partial charge in [0.2, 0.25) is 0 Å². The lowest BCUT2D eigenvalue weighted by atomic mass is 10.2. The summed E-state index contributed by atoms with van der Waals surface area (Å²) in [7, 11) is 0. The first-order valence-electron chi connectivity index (χ1n) is 3.22. The summed E-state index contributed by atoms with van der Waals surface area (Å²) in [6.07, 6.45) is 3.13. The Kier molecular flexibility index (Phi) is 1.08. The summed E-state index contributed by atoms with van der Waals surface area (Å²) in [5, 5.41) is 0. The van der Waals surface area contributed by atoms with Crippen molar-refractivity contribution in [2.45, 2.75) is 24.9 Å². The van der Waals surface area contributed by atoms with Crippen molar-refractivity contribution in [3.8, 4) is 0 Å². The van der Waals surface area contributed by atoms with Crippen LogP contribution in [-0.4, -0.2) is 22.8 Å². The van der Waals surface area contributed by atoms with E-state index >= 15 is 0 Å². The van der Waals surface area contributed by atoms with E-state index in [2.05, 4.69) is 0 Å². The number of carbonyl (C=O) groups is 1. The highest BCUT2D eigenvalue weighted by Gasteiger charge is 2.51. The standard InChI is InChI=1S/C6H8ClNO/c7-8-5(3-9)1-4-2-6(4)8/h3-6H,1-2H2/t4-,5+,6+/m1/s1. The van der Waals surface area contributed by atoms with Gasteiger partial charge in [0.05, 0.1) is 6.04 Å². The Hall–Kier alpha value is -0.0800. The molecule has 2 rings (SSSR count). The van der Waals surface area contributed by atoms with Crippen LogP contribution in [-0.2, 0) is 4.79 Å². The summed E-state index contributed by atoms with van der Waals surface area (Å²) >= 11 is 5.77. The molecule has 1 saturated carbocycles. The van der Waals surface area contributed by atoms with E-state index in [1.54, 1.807) is 4.42 Å². The highest BCUT2D eigenvalue weighted by Crippen LogP contribution is 2.48. The van der Waals surface area contributed by atoms with Crippen LogP contribution >= 0.6 is 11.8 Å². The second-order valence-electron chi connectivity index (χ2n) is 2.85. The molecule has 1 aliphatic heterocycles. The van der Waals surface area contributed by atoms with Crippen molar-refractivity contribution < 1.29 is 4.79 Å². The van der Waals surface area contributed by atoms with E-state index in [0.717, 1.165) is 18.6 Å². The number of hydrogen-bond acceptors (Lipinski definition) is 2. The second-order valence-corrected chi connectivity index (χ2v) is 3.24. The number of hydrogen-bond donors (Lipinski definition) is 0. The summed E-state index contributed by atoms with van der Waals surface area (Å²) in [6.45, 7) is 0. The molecule has 0 bridgehead atoms. The van der Waals surface area contributed by atoms with Gasteiger partial charge in [-0.05, 0) is 30.5 Å². The molecule has 0 aromatic heterocycles. The lowest BCUT2D eigenvalue weighted by molar-refractivity contribution is -0.110. The van der Waals surface area contributed by atoms with E-state index in [1.165, 1.54) is 6.42 Å². The number of rotatable bonds is 1. The fourth-order valence-corrected chi connectivity index (χ4v) is 1.92. The van der Waals surface area contributed by atoms with Gasteiger partial charge in [-0.1, -0.05) is 0 Å². The van der Waals surface area contributed by atoms with Crippen molar-refractivity contribution in [2.75, 3.05) is 0 Å². The highest BCUT2D eigenvalue weighted by atomic mass is 35.5. The zero-order valence-corrected chi connectivity index (χ0v) is 5.71. The molecule has 1 aliphatic carbocycles. The van der Waals surface area contributed by atoms with E-state index in [1.807, 2.05) is 0 Å². The third kappa shape index (κ3) is 0.700. The lowest BCUT2D eigenvalue weighted by Crippen LogP contribution is -2.24. The summed E-state index contributed by atoms with van der Waals surface area (Å²) in [5.41, 5.74) is 0. The molecule has 2 aliphatic rings. The van der Waals surface area contributed by atoms with Gasteiger partial charge in [-0.15, -0.1) is 0 Å². The number of carbonyl (C=O) groups excluding carboxylic acids is 1. The maximum Gasteiger partial charge on any atom is 0.138 e. The molecule has 50 valence electrons. The molecule has 0 amide bonds. The quantitative estimate of drug-likeness (QED) is 0.402. The van der Waals surface area contributed by atoms with Crippen molar-refractivity contribution in [1.29, 1.82) is 0 Å². The van der Waals surface area contributed by atoms with Crippen LogP contribution in [0.1, 0.15) is 12.8 Å². The predicted molar refractivity (Wildman–Crippen MR) is 34.1 cm³/mol. The van der Waals surface area contributed by atoms with Crippen molar-refractivity contribution >= 4 is 18.1 Å². The molecule has 1 heterocycles. The van der Waals surface area contributed by atoms with Crippen LogP contribution in [0.4, 0.5) is 0 Å². The molecule has 0 radical (unpaired) electrons. The Labute approximate surface area is 58.9 Å². The highest BCUT2D eigenvalue weighted by molar-refractivity contribution is 6.15. The molecular weight excluding hydrogens is 138 g/mol. The molecule has 0 unspecified atom stereocenters. The average Bonchev–Trinajstić information content (AvgIpc) is 2.55. The molecule has 9 heavy (non-hydrogen) atoms. The number of nitrogens with zero attached hydrogens (tertiary/aromatic N) is 1. The summed E-state index contributed by atoms with van der Waals surface area (Å²) in [6, 6.07) is 0.539. The molecule has 0 aromatic rings. The minimum atomic E-state index is 0.00965. The molecule has 3 atom stereocenters. The van der Waals surface area contributed by atoms with Gasteiger partial charge >= 0.3 is 0 Å². The molecule has 1 saturated heterocycles. The smallest absolute Gasteiger partial charge is 0.138 e. The third-order valence-electron chi connectivity index (χ3n) is 2.22. The molecule has 0 spiro atoms. The van der Waals surface area contributed by atoms with Crippen LogP contribution in [0.2, 0.25) is 0 Å². The van der Waals surface area contributed by atoms with Crippen LogP contribution in [0.15, 0.2) is 0 Å². The van der Waals surface area contributed by atoms with E-state index in [0.29, 0.717) is 6.04 Å². The van der Waals surface area contributed by atoms with Crippen LogP contribution in [0.5, 0.6) is 0 Å². The van der Waals surface area contributed by atoms with Crippen molar-refractivity contribution in [2.24, 2.45) is 5.92 Å². The van der Waals surface area contributed by atoms with Gasteiger partial charge in [0, 0.05) is 6.04 Å². The summed E-state index contributed by atoms with van der Waals surface area (Å²) in [5.74, 6) is 0.734. The van der Waals surface area contributed by atoms with Gasteiger partial charge in [-0.25, -0.2) is 4.42 Å². The monoisotopic (exact) mass is 145 g/mol. The van der Waals surface area contributed by atoms with Gasteiger partial charge in [0.15, 0.2) is 0 Å². The van der Waals surface area contributed by atoms with E-state index < -0.39 is 0 Å². The topological polar surface area (TPSA) is 20.3 Å². The fourth-order valence-electron chi connectivity index (χ4n) is 1.56. The number of halogens is 1. The Balaban J connectivity index is 2.07. The van der Waals surface area contributed by atoms with E-state index in [-0.39, 0.29) is 6.04 Å². The SMILES string of the molecule is O=C[C@@H]1C[C@@H]2C[C@@H]2N1Cl. The first-order valence-corrected chi connectivity index (χ1v) is 3.56. The zero-order valence-electron chi connectivity index (χ0n) is 4.96. The van der Waals surface area contributed by atoms with Crippen molar-refractivity contribution in [3.63, 3.8) is 0 Å². The Morgan fingerprint density at radius 1 is 1.56 bits per heavy atom. The summed E-state index contributed by atoms with van der Waals surface area (Å²) in [4.78, 5) is 10.3. The van der Waals surface area contributed by atoms with Crippen molar-refractivity contribution in [3.05, 3.63) is 0 Å². The maximum absolute atomic E-state index is 10.3. The Morgan fingerprint density at radius 2 is 2.33 bits per heavy atom. The third-order valence-corrected chi connectivity index (χ3v) is 2.72. The fraction of sp³-hybridized carbons (Fsp3) is 0.833. The van der Waals surface area contributed by atoms with Crippen LogP contribution < -0.4 is 0 Å². The predicted octanol–water partition coefficient (Wildman–Crippen LogP) is 0.802. The number of aldehydes is 1. The second kappa shape index (κ2) is 1.70. The molecule has 2 fully saturated rings. The largest absolute Gasteiger partial charge is 0.302 e. The van der Waals surface area contributed by atoms with Gasteiger partial charge in [-0.2, -0.15) is 0 Å². The van der Waals surface area contributed by atoms with Gasteiger partial charge in [0.1, 0.15) is 6.29 Å². The maximum atomic E-state index is 10.3. The first-order chi connectivity index (χ1) is 4.33. The van der Waals surface area contributed by atoms with E-state index in [9.17, 15) is 4.79 Å². The molecule has 3 heteroatoms. The van der Waals surface area contributed by atoms with Gasteiger partial charge in [-0.3, -0.25) is 0 Å². The van der Waals surface area contributed by atoms with E-state index in [4.69, 9.17) is 11.8 Å². The normalized spacial score (nSPS) is 48.8. The van der Waals surface area contributed by atoms with Crippen LogP contribution in [0, 0.1) is 5.92 Å². The molecular formula is C6H8ClNO. The number of piperidine rings is 1. The van der Waals surface area contributed by atoms with Crippen molar-refractivity contribution in [1.82, 2.24) is 4.42 Å². The summed E-state index contributed by atoms with van der Waals surface area (Å²) < 4.78 is 1.68. The number of fused-ring (bicyclic) bond motifs is 1. The first kappa shape index (κ1) is 5.69. The van der Waals surface area contributed by atoms with Crippen LogP contribution in [0.3, 0.4) is 0 Å².